The Bertz CT molecular complexity index is 374. The molecule has 1 aromatic carbocycles. The number of halogens is 2. The van der Waals surface area contributed by atoms with Crippen LogP contribution in [0.5, 0.6) is 0 Å². The molecule has 5 nitrogen and oxygen atoms in total. The average molecular weight is 267 g/mol. The quantitative estimate of drug-likeness (QED) is 0.645. The molecule has 0 heterocycles. The number of rotatable bonds is 4. The Morgan fingerprint density at radius 1 is 1.56 bits per heavy atom. The van der Waals surface area contributed by atoms with Gasteiger partial charge in [0.2, 0.25) is 0 Å². The van der Waals surface area contributed by atoms with Crippen LogP contribution in [0.1, 0.15) is 18.0 Å². The van der Waals surface area contributed by atoms with E-state index in [4.69, 9.17) is 22.4 Å². The van der Waals surface area contributed by atoms with Crippen molar-refractivity contribution in [3.8, 4) is 0 Å². The zero-order valence-electron chi connectivity index (χ0n) is 8.30. The molecule has 0 bridgehead atoms. The van der Waals surface area contributed by atoms with Crippen LogP contribution >= 0.6 is 24.0 Å². The van der Waals surface area contributed by atoms with Crippen LogP contribution in [0, 0.1) is 10.1 Å². The van der Waals surface area contributed by atoms with Crippen molar-refractivity contribution < 1.29 is 10.0 Å². The van der Waals surface area contributed by atoms with E-state index < -0.39 is 11.0 Å². The molecule has 16 heavy (non-hydrogen) atoms. The predicted octanol–water partition coefficient (Wildman–Crippen LogP) is 2.05. The molecule has 1 atom stereocenters. The highest BCUT2D eigenvalue weighted by Gasteiger charge is 2.21. The highest BCUT2D eigenvalue weighted by Crippen LogP contribution is 2.31. The van der Waals surface area contributed by atoms with Crippen LogP contribution in [0.4, 0.5) is 5.69 Å². The molecule has 0 amide bonds. The van der Waals surface area contributed by atoms with Crippen molar-refractivity contribution in [1.29, 1.82) is 0 Å². The van der Waals surface area contributed by atoms with Gasteiger partial charge in [-0.15, -0.1) is 12.4 Å². The summed E-state index contributed by atoms with van der Waals surface area (Å²) in [4.78, 5) is 10.2. The van der Waals surface area contributed by atoms with Gasteiger partial charge in [0, 0.05) is 18.7 Å². The number of aliphatic hydroxyl groups excluding tert-OH is 1. The molecule has 0 saturated carbocycles. The Kier molecular flexibility index (Phi) is 6.28. The fourth-order valence-electron chi connectivity index (χ4n) is 1.34. The minimum atomic E-state index is -0.621. The molecule has 1 aromatic rings. The number of nitrogens with two attached hydrogens (primary N) is 1. The lowest BCUT2D eigenvalue weighted by molar-refractivity contribution is -0.385. The summed E-state index contributed by atoms with van der Waals surface area (Å²) in [6, 6.07) is 3.76. The molecule has 0 aliphatic carbocycles. The molecule has 0 radical (unpaired) electrons. The number of hydrogen-bond acceptors (Lipinski definition) is 4. The number of hydrogen-bond donors (Lipinski definition) is 2. The van der Waals surface area contributed by atoms with Gasteiger partial charge in [-0.1, -0.05) is 17.7 Å². The summed E-state index contributed by atoms with van der Waals surface area (Å²) in [7, 11) is 0. The Labute approximate surface area is 104 Å². The summed E-state index contributed by atoms with van der Waals surface area (Å²) in [5.74, 6) is 0. The fraction of sp³-hybridized carbons (Fsp3) is 0.333. The highest BCUT2D eigenvalue weighted by molar-refractivity contribution is 6.31. The summed E-state index contributed by atoms with van der Waals surface area (Å²) in [5, 5.41) is 19.7. The number of nitro groups is 1. The first kappa shape index (κ1) is 15.1. The van der Waals surface area contributed by atoms with Crippen molar-refractivity contribution in [2.24, 2.45) is 5.73 Å². The molecule has 0 spiro atoms. The van der Waals surface area contributed by atoms with Gasteiger partial charge in [-0.3, -0.25) is 10.1 Å². The lowest BCUT2D eigenvalue weighted by atomic mass is 10.0. The topological polar surface area (TPSA) is 89.4 Å². The molecule has 0 fully saturated rings. The van der Waals surface area contributed by atoms with E-state index in [1.54, 1.807) is 6.07 Å². The fourth-order valence-corrected chi connectivity index (χ4v) is 1.65. The average Bonchev–Trinajstić information content (AvgIpc) is 2.17. The van der Waals surface area contributed by atoms with Crippen LogP contribution < -0.4 is 5.73 Å². The van der Waals surface area contributed by atoms with Gasteiger partial charge in [-0.25, -0.2) is 0 Å². The molecular weight excluding hydrogens is 255 g/mol. The minimum absolute atomic E-state index is 0. The Morgan fingerprint density at radius 2 is 2.19 bits per heavy atom. The van der Waals surface area contributed by atoms with E-state index in [1.807, 2.05) is 0 Å². The van der Waals surface area contributed by atoms with Crippen molar-refractivity contribution in [2.45, 2.75) is 12.5 Å². The maximum absolute atomic E-state index is 10.7. The third kappa shape index (κ3) is 3.31. The number of aliphatic hydroxyl groups is 1. The van der Waals surface area contributed by atoms with Crippen molar-refractivity contribution >= 4 is 29.7 Å². The van der Waals surface area contributed by atoms with Crippen LogP contribution in [0.3, 0.4) is 0 Å². The van der Waals surface area contributed by atoms with Gasteiger partial charge >= 0.3 is 0 Å². The van der Waals surface area contributed by atoms with Gasteiger partial charge < -0.3 is 10.8 Å². The van der Waals surface area contributed by atoms with Gasteiger partial charge in [0.25, 0.3) is 5.69 Å². The predicted molar refractivity (Wildman–Crippen MR) is 64.0 cm³/mol. The summed E-state index contributed by atoms with van der Waals surface area (Å²) < 4.78 is 0. The Hall–Kier alpha value is -0.880. The molecule has 7 heteroatoms. The zero-order chi connectivity index (χ0) is 11.4. The van der Waals surface area contributed by atoms with Crippen molar-refractivity contribution in [2.75, 3.05) is 6.61 Å². The van der Waals surface area contributed by atoms with E-state index in [2.05, 4.69) is 0 Å². The highest BCUT2D eigenvalue weighted by atomic mass is 35.5. The van der Waals surface area contributed by atoms with Crippen LogP contribution in [0.15, 0.2) is 18.2 Å². The standard InChI is InChI=1S/C9H11ClN2O3.ClH/c10-6-2-1-3-8(12(14)15)9(6)7(11)4-5-13;/h1-3,7,13H,4-5,11H2;1H. The molecule has 0 aliphatic rings. The van der Waals surface area contributed by atoms with Gasteiger partial charge in [0.15, 0.2) is 0 Å². The molecule has 3 N–H and O–H groups in total. The van der Waals surface area contributed by atoms with Gasteiger partial charge in [-0.2, -0.15) is 0 Å². The maximum Gasteiger partial charge on any atom is 0.275 e. The van der Waals surface area contributed by atoms with Gasteiger partial charge in [0.05, 0.1) is 15.5 Å². The zero-order valence-corrected chi connectivity index (χ0v) is 9.87. The molecule has 0 aromatic heterocycles. The van der Waals surface area contributed by atoms with E-state index in [0.717, 1.165) is 0 Å². The number of nitrogens with zero attached hydrogens (tertiary/aromatic N) is 1. The molecule has 90 valence electrons. The summed E-state index contributed by atoms with van der Waals surface area (Å²) in [6.07, 6.45) is 0.241. The largest absolute Gasteiger partial charge is 0.396 e. The van der Waals surface area contributed by atoms with E-state index in [1.165, 1.54) is 12.1 Å². The van der Waals surface area contributed by atoms with E-state index in [9.17, 15) is 10.1 Å². The van der Waals surface area contributed by atoms with Crippen LogP contribution in [-0.4, -0.2) is 16.6 Å². The van der Waals surface area contributed by atoms with Gasteiger partial charge in [-0.05, 0) is 12.5 Å². The van der Waals surface area contributed by atoms with Crippen LogP contribution in [-0.2, 0) is 0 Å². The first-order chi connectivity index (χ1) is 7.07. The number of nitro benzene ring substituents is 1. The SMILES string of the molecule is Cl.NC(CCO)c1c(Cl)cccc1[N+](=O)[O-]. The Morgan fingerprint density at radius 3 is 2.69 bits per heavy atom. The summed E-state index contributed by atoms with van der Waals surface area (Å²) in [5.41, 5.74) is 5.86. The second-order valence-electron chi connectivity index (χ2n) is 3.05. The maximum atomic E-state index is 10.7. The van der Waals surface area contributed by atoms with E-state index >= 15 is 0 Å². The smallest absolute Gasteiger partial charge is 0.275 e. The van der Waals surface area contributed by atoms with Crippen molar-refractivity contribution in [3.05, 3.63) is 38.9 Å². The van der Waals surface area contributed by atoms with Crippen LogP contribution in [0.25, 0.3) is 0 Å². The third-order valence-electron chi connectivity index (χ3n) is 2.04. The van der Waals surface area contributed by atoms with Crippen LogP contribution in [0.2, 0.25) is 5.02 Å². The molecule has 0 saturated heterocycles. The Balaban J connectivity index is 0.00000225. The van der Waals surface area contributed by atoms with Crippen molar-refractivity contribution in [1.82, 2.24) is 0 Å². The third-order valence-corrected chi connectivity index (χ3v) is 2.37. The molecule has 0 aliphatic heterocycles. The summed E-state index contributed by atoms with van der Waals surface area (Å²) >= 11 is 5.84. The summed E-state index contributed by atoms with van der Waals surface area (Å²) in [6.45, 7) is -0.135. The second-order valence-corrected chi connectivity index (χ2v) is 3.46. The van der Waals surface area contributed by atoms with E-state index in [-0.39, 0.29) is 41.7 Å². The molecular formula is C9H12Cl2N2O3. The number of benzene rings is 1. The second kappa shape index (κ2) is 6.65. The normalized spacial score (nSPS) is 11.7. The monoisotopic (exact) mass is 266 g/mol. The van der Waals surface area contributed by atoms with Crippen molar-refractivity contribution in [3.63, 3.8) is 0 Å². The first-order valence-corrected chi connectivity index (χ1v) is 4.75. The molecule has 1 rings (SSSR count). The molecule has 1 unspecified atom stereocenters. The first-order valence-electron chi connectivity index (χ1n) is 4.37. The lowest BCUT2D eigenvalue weighted by Crippen LogP contribution is -2.14. The van der Waals surface area contributed by atoms with E-state index in [0.29, 0.717) is 0 Å². The minimum Gasteiger partial charge on any atom is -0.396 e. The lowest BCUT2D eigenvalue weighted by Gasteiger charge is -2.12. The van der Waals surface area contributed by atoms with Gasteiger partial charge in [0.1, 0.15) is 0 Å².